The highest BCUT2D eigenvalue weighted by molar-refractivity contribution is 5.94. The molecule has 0 atom stereocenters. The number of carbonyl (C=O) groups is 1. The van der Waals surface area contributed by atoms with Crippen LogP contribution in [0.1, 0.15) is 27.0 Å². The van der Waals surface area contributed by atoms with Gasteiger partial charge in [0, 0.05) is 38.3 Å². The van der Waals surface area contributed by atoms with Crippen LogP contribution in [0.4, 0.5) is 22.2 Å². The van der Waals surface area contributed by atoms with Gasteiger partial charge in [0.1, 0.15) is 5.82 Å². The average molecular weight is 589 g/mol. The molecule has 4 aromatic rings. The van der Waals surface area contributed by atoms with Gasteiger partial charge in [-0.2, -0.15) is 15.0 Å². The van der Waals surface area contributed by atoms with Crippen molar-refractivity contribution in [3.8, 4) is 0 Å². The third-order valence-corrected chi connectivity index (χ3v) is 6.10. The number of nitrogens with zero attached hydrogens (tertiary/aromatic N) is 3. The van der Waals surface area contributed by atoms with Crippen LogP contribution in [0, 0.1) is 5.82 Å². The second-order valence-electron chi connectivity index (χ2n) is 9.45. The van der Waals surface area contributed by atoms with Crippen molar-refractivity contribution in [3.05, 3.63) is 107 Å². The molecule has 0 radical (unpaired) electrons. The van der Waals surface area contributed by atoms with Crippen LogP contribution in [0.15, 0.2) is 78.9 Å². The van der Waals surface area contributed by atoms with E-state index in [2.05, 4.69) is 36.2 Å². The minimum atomic E-state index is -0.305. The summed E-state index contributed by atoms with van der Waals surface area (Å²) in [6.07, 6.45) is 0. The molecule has 0 aliphatic rings. The number of ether oxygens (including phenoxy) is 2. The zero-order valence-electron chi connectivity index (χ0n) is 23.9. The molecule has 12 heteroatoms. The number of benzene rings is 3. The molecule has 0 saturated heterocycles. The zero-order chi connectivity index (χ0) is 30.1. The number of amides is 1. The second-order valence-corrected chi connectivity index (χ2v) is 9.45. The summed E-state index contributed by atoms with van der Waals surface area (Å²) in [5, 5.41) is 12.5. The first-order valence-corrected chi connectivity index (χ1v) is 14.1. The van der Waals surface area contributed by atoms with Crippen molar-refractivity contribution in [2.24, 2.45) is 5.73 Å². The number of carbonyl (C=O) groups excluding carboxylic acids is 1. The highest BCUT2D eigenvalue weighted by Crippen LogP contribution is 2.14. The fourth-order valence-electron chi connectivity index (χ4n) is 3.92. The molecule has 0 fully saturated rings. The van der Waals surface area contributed by atoms with Gasteiger partial charge in [-0.3, -0.25) is 4.79 Å². The van der Waals surface area contributed by atoms with Crippen molar-refractivity contribution in [3.63, 3.8) is 0 Å². The molecule has 1 amide bonds. The summed E-state index contributed by atoms with van der Waals surface area (Å²) in [6.45, 7) is 4.01. The molecule has 0 unspecified atom stereocenters. The van der Waals surface area contributed by atoms with E-state index in [-0.39, 0.29) is 11.7 Å². The summed E-state index contributed by atoms with van der Waals surface area (Å²) < 4.78 is 24.3. The fraction of sp³-hybridized carbons (Fsp3) is 0.290. The Morgan fingerprint density at radius 2 is 1.23 bits per heavy atom. The quantitative estimate of drug-likeness (QED) is 0.109. The third kappa shape index (κ3) is 11.3. The van der Waals surface area contributed by atoms with Crippen LogP contribution in [0.2, 0.25) is 0 Å². The predicted octanol–water partition coefficient (Wildman–Crippen LogP) is 3.57. The lowest BCUT2D eigenvalue weighted by molar-refractivity contribution is 0.0511. The fourth-order valence-corrected chi connectivity index (χ4v) is 3.92. The number of aromatic nitrogens is 3. The van der Waals surface area contributed by atoms with Crippen LogP contribution in [-0.2, 0) is 29.1 Å². The molecule has 0 aliphatic heterocycles. The molecular weight excluding hydrogens is 551 g/mol. The average Bonchev–Trinajstić information content (AvgIpc) is 3.04. The standard InChI is InChI=1S/C31H37FN8O3/c32-27-8-4-7-25(19-27)22-37-31-39-29(35-20-23-5-2-1-3-6-23)38-30(40-31)36-21-24-9-11-26(12-10-24)28(41)34-14-16-43-18-17-42-15-13-33/h1-12,19H,13-18,20-22,33H2,(H,34,41)(H3,35,36,37,38,39,40). The third-order valence-electron chi connectivity index (χ3n) is 6.10. The molecule has 1 aromatic heterocycles. The molecule has 4 rings (SSSR count). The van der Waals surface area contributed by atoms with Crippen LogP contribution in [0.25, 0.3) is 0 Å². The number of anilines is 3. The van der Waals surface area contributed by atoms with Gasteiger partial charge in [0.05, 0.1) is 26.4 Å². The Labute approximate surface area is 250 Å². The van der Waals surface area contributed by atoms with Crippen molar-refractivity contribution >= 4 is 23.8 Å². The lowest BCUT2D eigenvalue weighted by Crippen LogP contribution is -2.27. The first kappa shape index (κ1) is 31.3. The number of rotatable bonds is 18. The number of nitrogens with one attached hydrogen (secondary N) is 4. The van der Waals surface area contributed by atoms with Gasteiger partial charge in [-0.1, -0.05) is 54.6 Å². The summed E-state index contributed by atoms with van der Waals surface area (Å²) in [7, 11) is 0. The second kappa shape index (κ2) is 17.3. The van der Waals surface area contributed by atoms with Gasteiger partial charge in [0.15, 0.2) is 0 Å². The number of halogens is 1. The SMILES string of the molecule is NCCOCCOCCNC(=O)c1ccc(CNc2nc(NCc3ccccc3)nc(NCc3cccc(F)c3)n2)cc1. The van der Waals surface area contributed by atoms with Crippen molar-refractivity contribution in [2.75, 3.05) is 55.5 Å². The van der Waals surface area contributed by atoms with E-state index in [9.17, 15) is 9.18 Å². The zero-order valence-corrected chi connectivity index (χ0v) is 23.9. The number of hydrogen-bond acceptors (Lipinski definition) is 10. The monoisotopic (exact) mass is 588 g/mol. The summed E-state index contributed by atoms with van der Waals surface area (Å²) in [5.74, 6) is 0.615. The van der Waals surface area contributed by atoms with E-state index < -0.39 is 0 Å². The van der Waals surface area contributed by atoms with Gasteiger partial charge in [-0.15, -0.1) is 0 Å². The van der Waals surface area contributed by atoms with Crippen molar-refractivity contribution in [2.45, 2.75) is 19.6 Å². The lowest BCUT2D eigenvalue weighted by atomic mass is 10.1. The largest absolute Gasteiger partial charge is 0.378 e. The molecule has 6 N–H and O–H groups in total. The van der Waals surface area contributed by atoms with Gasteiger partial charge < -0.3 is 36.5 Å². The van der Waals surface area contributed by atoms with Gasteiger partial charge in [-0.05, 0) is 41.0 Å². The van der Waals surface area contributed by atoms with E-state index in [1.165, 1.54) is 12.1 Å². The molecule has 11 nitrogen and oxygen atoms in total. The molecule has 3 aromatic carbocycles. The maximum atomic E-state index is 13.6. The van der Waals surface area contributed by atoms with E-state index in [1.807, 2.05) is 48.5 Å². The van der Waals surface area contributed by atoms with Crippen LogP contribution in [0.5, 0.6) is 0 Å². The molecule has 1 heterocycles. The van der Waals surface area contributed by atoms with E-state index in [0.717, 1.165) is 16.7 Å². The molecule has 226 valence electrons. The highest BCUT2D eigenvalue weighted by Gasteiger charge is 2.09. The van der Waals surface area contributed by atoms with E-state index in [4.69, 9.17) is 15.2 Å². The summed E-state index contributed by atoms with van der Waals surface area (Å²) in [4.78, 5) is 25.9. The molecule has 0 saturated carbocycles. The maximum absolute atomic E-state index is 13.6. The van der Waals surface area contributed by atoms with Gasteiger partial charge in [-0.25, -0.2) is 4.39 Å². The topological polar surface area (TPSA) is 148 Å². The number of nitrogens with two attached hydrogens (primary N) is 1. The van der Waals surface area contributed by atoms with Crippen molar-refractivity contribution < 1.29 is 18.7 Å². The Hall–Kier alpha value is -4.65. The Bertz CT molecular complexity index is 1410. The first-order valence-electron chi connectivity index (χ1n) is 14.1. The van der Waals surface area contributed by atoms with Gasteiger partial charge in [0.2, 0.25) is 17.8 Å². The summed E-state index contributed by atoms with van der Waals surface area (Å²) in [6, 6.07) is 23.5. The smallest absolute Gasteiger partial charge is 0.251 e. The molecule has 0 aliphatic carbocycles. The molecule has 43 heavy (non-hydrogen) atoms. The normalized spacial score (nSPS) is 10.7. The lowest BCUT2D eigenvalue weighted by Gasteiger charge is -2.12. The number of hydrogen-bond donors (Lipinski definition) is 5. The van der Waals surface area contributed by atoms with Crippen LogP contribution in [-0.4, -0.2) is 60.4 Å². The Balaban J connectivity index is 1.31. The Morgan fingerprint density at radius 1 is 0.674 bits per heavy atom. The minimum Gasteiger partial charge on any atom is -0.378 e. The van der Waals surface area contributed by atoms with Crippen LogP contribution >= 0.6 is 0 Å². The Kier molecular flexibility index (Phi) is 12.6. The molecule has 0 spiro atoms. The van der Waals surface area contributed by atoms with Gasteiger partial charge >= 0.3 is 0 Å². The predicted molar refractivity (Wildman–Crippen MR) is 164 cm³/mol. The molecular formula is C31H37FN8O3. The summed E-state index contributed by atoms with van der Waals surface area (Å²) in [5.41, 5.74) is 8.69. The van der Waals surface area contributed by atoms with Crippen molar-refractivity contribution in [1.29, 1.82) is 0 Å². The first-order chi connectivity index (χ1) is 21.1. The summed E-state index contributed by atoms with van der Waals surface area (Å²) >= 11 is 0. The van der Waals surface area contributed by atoms with Crippen molar-refractivity contribution in [1.82, 2.24) is 20.3 Å². The van der Waals surface area contributed by atoms with Crippen LogP contribution < -0.4 is 27.0 Å². The van der Waals surface area contributed by atoms with E-state index in [1.54, 1.807) is 18.2 Å². The van der Waals surface area contributed by atoms with Crippen LogP contribution in [0.3, 0.4) is 0 Å². The van der Waals surface area contributed by atoms with E-state index >= 15 is 0 Å². The molecule has 0 bridgehead atoms. The van der Waals surface area contributed by atoms with Gasteiger partial charge in [0.25, 0.3) is 5.91 Å². The minimum absolute atomic E-state index is 0.178. The maximum Gasteiger partial charge on any atom is 0.251 e. The Morgan fingerprint density at radius 3 is 1.84 bits per heavy atom. The highest BCUT2D eigenvalue weighted by atomic mass is 19.1. The van der Waals surface area contributed by atoms with E-state index in [0.29, 0.717) is 82.6 Å².